The highest BCUT2D eigenvalue weighted by Crippen LogP contribution is 2.22. The number of likely N-dealkylation sites (tertiary alicyclic amines) is 1. The van der Waals surface area contributed by atoms with Crippen molar-refractivity contribution >= 4 is 11.8 Å². The molecule has 1 saturated carbocycles. The van der Waals surface area contributed by atoms with Gasteiger partial charge >= 0.3 is 0 Å². The van der Waals surface area contributed by atoms with Crippen LogP contribution in [0.25, 0.3) is 0 Å². The Morgan fingerprint density at radius 1 is 1.05 bits per heavy atom. The van der Waals surface area contributed by atoms with E-state index in [9.17, 15) is 0 Å². The van der Waals surface area contributed by atoms with Crippen molar-refractivity contribution < 1.29 is 0 Å². The summed E-state index contributed by atoms with van der Waals surface area (Å²) < 4.78 is 0. The maximum Gasteiger partial charge on any atom is 0.0108 e. The van der Waals surface area contributed by atoms with Crippen LogP contribution in [0.3, 0.4) is 0 Å². The predicted molar refractivity (Wildman–Crippen MR) is 87.4 cm³/mol. The van der Waals surface area contributed by atoms with Gasteiger partial charge in [-0.3, -0.25) is 0 Å². The summed E-state index contributed by atoms with van der Waals surface area (Å²) in [6, 6.07) is 11.6. The van der Waals surface area contributed by atoms with E-state index in [0.717, 1.165) is 12.0 Å². The first-order valence-corrected chi connectivity index (χ1v) is 9.02. The molecule has 0 unspecified atom stereocenters. The molecule has 1 aliphatic carbocycles. The molecule has 3 rings (SSSR count). The Morgan fingerprint density at radius 2 is 1.80 bits per heavy atom. The van der Waals surface area contributed by atoms with Crippen LogP contribution in [0.5, 0.6) is 0 Å². The predicted octanol–water partition coefficient (Wildman–Crippen LogP) is 3.24. The molecule has 1 saturated heterocycles. The van der Waals surface area contributed by atoms with Crippen LogP contribution < -0.4 is 5.32 Å². The summed E-state index contributed by atoms with van der Waals surface area (Å²) in [5.74, 6) is 2.14. The summed E-state index contributed by atoms with van der Waals surface area (Å²) in [6.07, 6.45) is 5.59. The van der Waals surface area contributed by atoms with Gasteiger partial charge in [0.2, 0.25) is 0 Å². The Morgan fingerprint density at radius 3 is 2.50 bits per heavy atom. The fourth-order valence-electron chi connectivity index (χ4n) is 2.84. The van der Waals surface area contributed by atoms with Crippen LogP contribution in [0.1, 0.15) is 25.7 Å². The van der Waals surface area contributed by atoms with Gasteiger partial charge in [-0.2, -0.15) is 0 Å². The lowest BCUT2D eigenvalue weighted by atomic mass is 9.97. The molecule has 3 heteroatoms. The summed E-state index contributed by atoms with van der Waals surface area (Å²) in [7, 11) is 0. The quantitative estimate of drug-likeness (QED) is 0.776. The molecular formula is C17H26N2S. The average molecular weight is 290 g/mol. The third kappa shape index (κ3) is 4.80. The van der Waals surface area contributed by atoms with E-state index in [1.807, 2.05) is 11.8 Å². The third-order valence-electron chi connectivity index (χ3n) is 4.40. The van der Waals surface area contributed by atoms with Crippen molar-refractivity contribution in [2.24, 2.45) is 5.92 Å². The number of hydrogen-bond acceptors (Lipinski definition) is 3. The Kier molecular flexibility index (Phi) is 5.40. The van der Waals surface area contributed by atoms with E-state index in [4.69, 9.17) is 0 Å². The van der Waals surface area contributed by atoms with Crippen LogP contribution in [-0.4, -0.2) is 42.9 Å². The van der Waals surface area contributed by atoms with Crippen LogP contribution in [0, 0.1) is 5.92 Å². The molecule has 2 fully saturated rings. The van der Waals surface area contributed by atoms with Crippen molar-refractivity contribution in [2.75, 3.05) is 31.9 Å². The maximum absolute atomic E-state index is 3.68. The Balaban J connectivity index is 1.28. The van der Waals surface area contributed by atoms with E-state index in [-0.39, 0.29) is 0 Å². The average Bonchev–Trinajstić information content (AvgIpc) is 3.32. The fourth-order valence-corrected chi connectivity index (χ4v) is 3.78. The second-order valence-electron chi connectivity index (χ2n) is 6.13. The second kappa shape index (κ2) is 7.48. The normalized spacial score (nSPS) is 21.2. The number of nitrogens with one attached hydrogen (secondary N) is 1. The monoisotopic (exact) mass is 290 g/mol. The molecule has 1 N–H and O–H groups in total. The van der Waals surface area contributed by atoms with Gasteiger partial charge in [0.15, 0.2) is 0 Å². The number of thioether (sulfide) groups is 1. The molecule has 1 aromatic carbocycles. The first-order valence-electron chi connectivity index (χ1n) is 8.04. The van der Waals surface area contributed by atoms with Gasteiger partial charge in [0.1, 0.15) is 0 Å². The lowest BCUT2D eigenvalue weighted by molar-refractivity contribution is 0.191. The van der Waals surface area contributed by atoms with Crippen LogP contribution in [0.15, 0.2) is 35.2 Å². The molecule has 0 bridgehead atoms. The molecular weight excluding hydrogens is 264 g/mol. The van der Waals surface area contributed by atoms with E-state index in [1.165, 1.54) is 62.5 Å². The highest BCUT2D eigenvalue weighted by molar-refractivity contribution is 7.99. The van der Waals surface area contributed by atoms with Crippen molar-refractivity contribution in [3.8, 4) is 0 Å². The molecule has 0 atom stereocenters. The molecule has 1 aliphatic heterocycles. The second-order valence-corrected chi connectivity index (χ2v) is 7.30. The topological polar surface area (TPSA) is 15.3 Å². The number of hydrogen-bond donors (Lipinski definition) is 1. The molecule has 20 heavy (non-hydrogen) atoms. The van der Waals surface area contributed by atoms with E-state index in [1.54, 1.807) is 0 Å². The standard InChI is InChI=1S/C17H26N2S/c1-2-4-17(5-3-1)20-13-12-19-10-8-15(9-11-19)14-18-16-6-7-16/h1-5,15-16,18H,6-14H2. The van der Waals surface area contributed by atoms with Crippen LogP contribution in [-0.2, 0) is 0 Å². The molecule has 0 radical (unpaired) electrons. The Hall–Kier alpha value is -0.510. The zero-order valence-corrected chi connectivity index (χ0v) is 13.1. The smallest absolute Gasteiger partial charge is 0.0108 e. The van der Waals surface area contributed by atoms with E-state index in [2.05, 4.69) is 40.5 Å². The molecule has 0 amide bonds. The molecule has 1 heterocycles. The van der Waals surface area contributed by atoms with Gasteiger partial charge in [-0.1, -0.05) is 18.2 Å². The molecule has 2 nitrogen and oxygen atoms in total. The number of rotatable bonds is 7. The highest BCUT2D eigenvalue weighted by Gasteiger charge is 2.24. The van der Waals surface area contributed by atoms with E-state index in [0.29, 0.717) is 0 Å². The van der Waals surface area contributed by atoms with Gasteiger partial charge in [-0.15, -0.1) is 11.8 Å². The highest BCUT2D eigenvalue weighted by atomic mass is 32.2. The SMILES string of the molecule is c1ccc(SCCN2CCC(CNC3CC3)CC2)cc1. The minimum atomic E-state index is 0.871. The summed E-state index contributed by atoms with van der Waals surface area (Å²) in [5.41, 5.74) is 0. The molecule has 0 aromatic heterocycles. The Bertz CT molecular complexity index is 383. The van der Waals surface area contributed by atoms with Crippen molar-refractivity contribution in [3.63, 3.8) is 0 Å². The van der Waals surface area contributed by atoms with Crippen molar-refractivity contribution in [1.29, 1.82) is 0 Å². The summed E-state index contributed by atoms with van der Waals surface area (Å²) >= 11 is 1.98. The number of benzene rings is 1. The van der Waals surface area contributed by atoms with Gasteiger partial charge < -0.3 is 10.2 Å². The van der Waals surface area contributed by atoms with E-state index < -0.39 is 0 Å². The van der Waals surface area contributed by atoms with Crippen LogP contribution in [0.2, 0.25) is 0 Å². The minimum Gasteiger partial charge on any atom is -0.314 e. The number of piperidine rings is 1. The van der Waals surface area contributed by atoms with Gasteiger partial charge in [0.25, 0.3) is 0 Å². The molecule has 2 aliphatic rings. The van der Waals surface area contributed by atoms with Crippen LogP contribution >= 0.6 is 11.8 Å². The van der Waals surface area contributed by atoms with Gasteiger partial charge in [-0.05, 0) is 63.4 Å². The first-order chi connectivity index (χ1) is 9.90. The maximum atomic E-state index is 3.68. The van der Waals surface area contributed by atoms with Crippen molar-refractivity contribution in [2.45, 2.75) is 36.6 Å². The zero-order chi connectivity index (χ0) is 13.6. The zero-order valence-electron chi connectivity index (χ0n) is 12.3. The van der Waals surface area contributed by atoms with Gasteiger partial charge in [0.05, 0.1) is 0 Å². The van der Waals surface area contributed by atoms with E-state index >= 15 is 0 Å². The first kappa shape index (κ1) is 14.4. The lowest BCUT2D eigenvalue weighted by Gasteiger charge is -2.32. The summed E-state index contributed by atoms with van der Waals surface area (Å²) in [6.45, 7) is 5.10. The molecule has 110 valence electrons. The van der Waals surface area contributed by atoms with Crippen LogP contribution in [0.4, 0.5) is 0 Å². The molecule has 0 spiro atoms. The summed E-state index contributed by atoms with van der Waals surface area (Å²) in [5, 5.41) is 3.68. The Labute approximate surface area is 127 Å². The minimum absolute atomic E-state index is 0.871. The van der Waals surface area contributed by atoms with Gasteiger partial charge in [-0.25, -0.2) is 0 Å². The third-order valence-corrected chi connectivity index (χ3v) is 5.39. The van der Waals surface area contributed by atoms with Crippen molar-refractivity contribution in [3.05, 3.63) is 30.3 Å². The largest absolute Gasteiger partial charge is 0.314 e. The fraction of sp³-hybridized carbons (Fsp3) is 0.647. The van der Waals surface area contributed by atoms with Crippen molar-refractivity contribution in [1.82, 2.24) is 10.2 Å². The lowest BCUT2D eigenvalue weighted by Crippen LogP contribution is -2.38. The summed E-state index contributed by atoms with van der Waals surface area (Å²) in [4.78, 5) is 4.04. The number of nitrogens with zero attached hydrogens (tertiary/aromatic N) is 1. The molecule has 1 aromatic rings. The van der Waals surface area contributed by atoms with Gasteiger partial charge in [0, 0.05) is 23.2 Å².